The summed E-state index contributed by atoms with van der Waals surface area (Å²) >= 11 is 0. The smallest absolute Gasteiger partial charge is 0.264 e. The van der Waals surface area contributed by atoms with Crippen LogP contribution in [0.25, 0.3) is 27.7 Å². The molecule has 0 radical (unpaired) electrons. The highest BCUT2D eigenvalue weighted by Crippen LogP contribution is 2.27. The predicted molar refractivity (Wildman–Crippen MR) is 109 cm³/mol. The van der Waals surface area contributed by atoms with Crippen LogP contribution in [-0.4, -0.2) is 32.1 Å². The maximum atomic E-state index is 15.1. The molecule has 0 aliphatic carbocycles. The number of ether oxygens (including phenoxy) is 1. The Bertz CT molecular complexity index is 1390. The molecule has 3 aromatic heterocycles. The highest BCUT2D eigenvalue weighted by atomic mass is 19.1. The van der Waals surface area contributed by atoms with Crippen molar-refractivity contribution in [3.8, 4) is 17.2 Å². The first kappa shape index (κ1) is 18.5. The largest absolute Gasteiger partial charge is 0.381 e. The number of benzene rings is 1. The third-order valence-corrected chi connectivity index (χ3v) is 5.55. The number of halogens is 1. The van der Waals surface area contributed by atoms with Crippen molar-refractivity contribution >= 4 is 16.6 Å². The van der Waals surface area contributed by atoms with Crippen molar-refractivity contribution in [2.75, 3.05) is 13.2 Å². The van der Waals surface area contributed by atoms with Crippen molar-refractivity contribution in [3.63, 3.8) is 0 Å². The van der Waals surface area contributed by atoms with Gasteiger partial charge in [0, 0.05) is 31.6 Å². The molecule has 0 N–H and O–H groups in total. The van der Waals surface area contributed by atoms with E-state index in [1.54, 1.807) is 22.7 Å². The van der Waals surface area contributed by atoms with Crippen molar-refractivity contribution in [2.45, 2.75) is 25.8 Å². The van der Waals surface area contributed by atoms with Gasteiger partial charge in [-0.2, -0.15) is 5.26 Å². The zero-order chi connectivity index (χ0) is 20.8. The Labute approximate surface area is 171 Å². The van der Waals surface area contributed by atoms with E-state index < -0.39 is 5.82 Å². The zero-order valence-electron chi connectivity index (χ0n) is 16.3. The van der Waals surface area contributed by atoms with Crippen LogP contribution in [0.3, 0.4) is 0 Å². The monoisotopic (exact) mass is 403 g/mol. The minimum absolute atomic E-state index is 0.0206. The Hall–Kier alpha value is -3.57. The topological polar surface area (TPSA) is 85.2 Å². The van der Waals surface area contributed by atoms with Gasteiger partial charge in [0.15, 0.2) is 5.65 Å². The van der Waals surface area contributed by atoms with Crippen LogP contribution >= 0.6 is 0 Å². The molecule has 0 atom stereocenters. The minimum atomic E-state index is -0.623. The fraction of sp³-hybridized carbons (Fsp3) is 0.273. The third-order valence-electron chi connectivity index (χ3n) is 5.55. The number of hydrogen-bond donors (Lipinski definition) is 0. The molecule has 1 saturated heterocycles. The molecule has 5 rings (SSSR count). The summed E-state index contributed by atoms with van der Waals surface area (Å²) in [5.41, 5.74) is 2.83. The van der Waals surface area contributed by atoms with Crippen molar-refractivity contribution in [1.29, 1.82) is 5.26 Å². The van der Waals surface area contributed by atoms with Gasteiger partial charge in [-0.1, -0.05) is 0 Å². The molecule has 30 heavy (non-hydrogen) atoms. The standard InChI is InChI=1S/C22H18FN5O2/c1-13-10-27-11-16(6-15(9-24)21(27)26-13)14-7-18(23)20-19(8-14)25-12-28(22(20)29)17-2-4-30-5-3-17/h6-8,10-12,17H,2-5H2,1H3. The molecule has 0 unspecified atom stereocenters. The molecule has 4 aromatic rings. The third kappa shape index (κ3) is 2.95. The van der Waals surface area contributed by atoms with E-state index in [2.05, 4.69) is 16.0 Å². The van der Waals surface area contributed by atoms with E-state index in [1.165, 1.54) is 17.0 Å². The lowest BCUT2D eigenvalue weighted by Crippen LogP contribution is -2.29. The van der Waals surface area contributed by atoms with Gasteiger partial charge >= 0.3 is 0 Å². The summed E-state index contributed by atoms with van der Waals surface area (Å²) in [5.74, 6) is -0.623. The van der Waals surface area contributed by atoms with E-state index in [0.29, 0.717) is 53.9 Å². The number of hydrogen-bond acceptors (Lipinski definition) is 5. The van der Waals surface area contributed by atoms with Gasteiger partial charge in [-0.25, -0.2) is 14.4 Å². The van der Waals surface area contributed by atoms with Crippen LogP contribution in [0.2, 0.25) is 0 Å². The second-order valence-electron chi connectivity index (χ2n) is 7.52. The quantitative estimate of drug-likeness (QED) is 0.512. The van der Waals surface area contributed by atoms with Gasteiger partial charge < -0.3 is 9.14 Å². The summed E-state index contributed by atoms with van der Waals surface area (Å²) in [6.07, 6.45) is 6.50. The van der Waals surface area contributed by atoms with Crippen LogP contribution < -0.4 is 5.56 Å². The molecule has 0 saturated carbocycles. The first-order valence-electron chi connectivity index (χ1n) is 9.73. The molecule has 0 spiro atoms. The average molecular weight is 403 g/mol. The van der Waals surface area contributed by atoms with E-state index in [-0.39, 0.29) is 17.0 Å². The van der Waals surface area contributed by atoms with Crippen LogP contribution in [0, 0.1) is 24.1 Å². The van der Waals surface area contributed by atoms with E-state index in [9.17, 15) is 10.1 Å². The summed E-state index contributed by atoms with van der Waals surface area (Å²) in [7, 11) is 0. The lowest BCUT2D eigenvalue weighted by Gasteiger charge is -2.24. The first-order valence-corrected chi connectivity index (χ1v) is 9.73. The molecule has 1 aliphatic heterocycles. The summed E-state index contributed by atoms with van der Waals surface area (Å²) in [4.78, 5) is 21.7. The summed E-state index contributed by atoms with van der Waals surface area (Å²) < 4.78 is 23.7. The first-order chi connectivity index (χ1) is 14.5. The number of fused-ring (bicyclic) bond motifs is 2. The number of imidazole rings is 1. The van der Waals surface area contributed by atoms with Crippen LogP contribution in [0.5, 0.6) is 0 Å². The number of nitriles is 1. The fourth-order valence-corrected chi connectivity index (χ4v) is 4.06. The number of rotatable bonds is 2. The van der Waals surface area contributed by atoms with Crippen LogP contribution in [0.4, 0.5) is 4.39 Å². The van der Waals surface area contributed by atoms with Crippen molar-refractivity contribution in [1.82, 2.24) is 18.9 Å². The number of pyridine rings is 1. The van der Waals surface area contributed by atoms with Crippen molar-refractivity contribution in [2.24, 2.45) is 0 Å². The molecule has 0 bridgehead atoms. The Balaban J connectivity index is 1.66. The van der Waals surface area contributed by atoms with Gasteiger partial charge in [0.1, 0.15) is 17.3 Å². The molecule has 1 fully saturated rings. The maximum absolute atomic E-state index is 15.1. The molecular formula is C22H18FN5O2. The number of aryl methyl sites for hydroxylation is 1. The van der Waals surface area contributed by atoms with Gasteiger partial charge in [0.25, 0.3) is 5.56 Å². The molecule has 8 heteroatoms. The van der Waals surface area contributed by atoms with E-state index in [0.717, 1.165) is 5.69 Å². The van der Waals surface area contributed by atoms with Crippen LogP contribution in [0.15, 0.2) is 41.7 Å². The maximum Gasteiger partial charge on any atom is 0.264 e. The number of nitrogens with zero attached hydrogens (tertiary/aromatic N) is 5. The zero-order valence-corrected chi connectivity index (χ0v) is 16.3. The molecule has 1 aromatic carbocycles. The number of aromatic nitrogens is 4. The second-order valence-corrected chi connectivity index (χ2v) is 7.52. The lowest BCUT2D eigenvalue weighted by molar-refractivity contribution is 0.0685. The second kappa shape index (κ2) is 7.04. The average Bonchev–Trinajstić information content (AvgIpc) is 3.13. The minimum Gasteiger partial charge on any atom is -0.381 e. The van der Waals surface area contributed by atoms with Crippen LogP contribution in [0.1, 0.15) is 30.1 Å². The molecule has 0 amide bonds. The van der Waals surface area contributed by atoms with Crippen molar-refractivity contribution < 1.29 is 9.13 Å². The Morgan fingerprint density at radius 2 is 2.00 bits per heavy atom. The van der Waals surface area contributed by atoms with E-state index in [4.69, 9.17) is 4.74 Å². The molecular weight excluding hydrogens is 385 g/mol. The summed E-state index contributed by atoms with van der Waals surface area (Å²) in [6, 6.07) is 6.79. The van der Waals surface area contributed by atoms with Crippen molar-refractivity contribution in [3.05, 3.63) is 64.3 Å². The molecule has 4 heterocycles. The SMILES string of the molecule is Cc1cn2cc(-c3cc(F)c4c(=O)n(C5CCOCC5)cnc4c3)cc(C#N)c2n1. The fourth-order valence-electron chi connectivity index (χ4n) is 4.06. The Morgan fingerprint density at radius 1 is 1.20 bits per heavy atom. The summed E-state index contributed by atoms with van der Waals surface area (Å²) in [6.45, 7) is 3.00. The lowest BCUT2D eigenvalue weighted by atomic mass is 10.0. The highest BCUT2D eigenvalue weighted by molar-refractivity contribution is 5.84. The molecule has 7 nitrogen and oxygen atoms in total. The van der Waals surface area contributed by atoms with E-state index >= 15 is 4.39 Å². The Morgan fingerprint density at radius 3 is 2.77 bits per heavy atom. The molecule has 1 aliphatic rings. The molecule has 150 valence electrons. The van der Waals surface area contributed by atoms with Crippen LogP contribution in [-0.2, 0) is 4.74 Å². The van der Waals surface area contributed by atoms with Gasteiger partial charge in [-0.3, -0.25) is 9.36 Å². The van der Waals surface area contributed by atoms with E-state index in [1.807, 2.05) is 13.1 Å². The highest BCUT2D eigenvalue weighted by Gasteiger charge is 2.20. The van der Waals surface area contributed by atoms with Gasteiger partial charge in [0.05, 0.1) is 23.1 Å². The predicted octanol–water partition coefficient (Wildman–Crippen LogP) is 3.38. The Kier molecular flexibility index (Phi) is 4.33. The normalized spacial score (nSPS) is 15.0. The summed E-state index contributed by atoms with van der Waals surface area (Å²) in [5, 5.41) is 9.47. The van der Waals surface area contributed by atoms with Gasteiger partial charge in [-0.15, -0.1) is 0 Å². The van der Waals surface area contributed by atoms with Gasteiger partial charge in [-0.05, 0) is 49.1 Å². The van der Waals surface area contributed by atoms with Gasteiger partial charge in [0.2, 0.25) is 0 Å².